The maximum atomic E-state index is 9.40. The lowest BCUT2D eigenvalue weighted by Gasteiger charge is -2.19. The molecule has 0 spiro atoms. The fourth-order valence-electron chi connectivity index (χ4n) is 3.55. The minimum absolute atomic E-state index is 0.191. The van der Waals surface area contributed by atoms with Crippen molar-refractivity contribution in [1.29, 1.82) is 0 Å². The monoisotopic (exact) mass is 419 g/mol. The Morgan fingerprint density at radius 1 is 1.10 bits per heavy atom. The Hall–Kier alpha value is -3.23. The Morgan fingerprint density at radius 2 is 1.93 bits per heavy atom. The van der Waals surface area contributed by atoms with Crippen LogP contribution in [0.4, 0.5) is 16.6 Å². The molecule has 1 unspecified atom stereocenters. The summed E-state index contributed by atoms with van der Waals surface area (Å²) >= 11 is 1.62. The van der Waals surface area contributed by atoms with Gasteiger partial charge < -0.3 is 20.1 Å². The van der Waals surface area contributed by atoms with Crippen LogP contribution in [0.3, 0.4) is 0 Å². The van der Waals surface area contributed by atoms with E-state index in [1.54, 1.807) is 23.7 Å². The molecule has 5 rings (SSSR count). The van der Waals surface area contributed by atoms with Gasteiger partial charge in [-0.1, -0.05) is 23.5 Å². The van der Waals surface area contributed by atoms with E-state index in [0.29, 0.717) is 17.4 Å². The fraction of sp³-hybridized carbons (Fsp3) is 0.227. The summed E-state index contributed by atoms with van der Waals surface area (Å²) in [5.74, 6) is 2.14. The number of anilines is 3. The van der Waals surface area contributed by atoms with Crippen LogP contribution in [0.5, 0.6) is 11.6 Å². The summed E-state index contributed by atoms with van der Waals surface area (Å²) in [4.78, 5) is 15.5. The van der Waals surface area contributed by atoms with Crippen molar-refractivity contribution in [2.24, 2.45) is 5.92 Å². The zero-order valence-corrected chi connectivity index (χ0v) is 17.0. The predicted octanol–water partition coefficient (Wildman–Crippen LogP) is 4.44. The molecule has 2 aromatic heterocycles. The molecule has 7 nitrogen and oxygen atoms in total. The average molecular weight is 420 g/mol. The van der Waals surface area contributed by atoms with E-state index in [1.807, 2.05) is 42.5 Å². The number of nitrogens with zero attached hydrogens (tertiary/aromatic N) is 4. The molecule has 1 saturated heterocycles. The molecule has 1 atom stereocenters. The fourth-order valence-corrected chi connectivity index (χ4v) is 4.43. The van der Waals surface area contributed by atoms with Crippen molar-refractivity contribution in [3.63, 3.8) is 0 Å². The van der Waals surface area contributed by atoms with Crippen LogP contribution in [0, 0.1) is 5.92 Å². The van der Waals surface area contributed by atoms with Gasteiger partial charge in [0.2, 0.25) is 0 Å². The lowest BCUT2D eigenvalue weighted by atomic mass is 10.1. The lowest BCUT2D eigenvalue weighted by Crippen LogP contribution is -2.22. The van der Waals surface area contributed by atoms with Crippen LogP contribution in [0.2, 0.25) is 0 Å². The minimum Gasteiger partial charge on any atom is -0.436 e. The first kappa shape index (κ1) is 18.8. The molecular weight excluding hydrogens is 398 g/mol. The number of rotatable bonds is 6. The normalized spacial score (nSPS) is 16.2. The molecule has 1 fully saturated rings. The molecule has 8 heteroatoms. The summed E-state index contributed by atoms with van der Waals surface area (Å²) in [6.45, 7) is 1.79. The maximum absolute atomic E-state index is 9.40. The van der Waals surface area contributed by atoms with E-state index in [2.05, 4.69) is 31.2 Å². The second-order valence-electron chi connectivity index (χ2n) is 7.21. The third-order valence-electron chi connectivity index (χ3n) is 5.10. The first-order chi connectivity index (χ1) is 14.8. The van der Waals surface area contributed by atoms with E-state index in [0.717, 1.165) is 40.5 Å². The van der Waals surface area contributed by atoms with Crippen LogP contribution in [0.15, 0.2) is 60.9 Å². The molecule has 1 aliphatic rings. The Morgan fingerprint density at radius 3 is 2.73 bits per heavy atom. The number of aliphatic hydroxyl groups is 1. The zero-order chi connectivity index (χ0) is 20.3. The molecule has 0 bridgehead atoms. The van der Waals surface area contributed by atoms with Crippen LogP contribution >= 0.6 is 11.3 Å². The van der Waals surface area contributed by atoms with Crippen molar-refractivity contribution in [1.82, 2.24) is 15.0 Å². The number of aromatic nitrogens is 3. The summed E-state index contributed by atoms with van der Waals surface area (Å²) in [7, 11) is 0. The highest BCUT2D eigenvalue weighted by molar-refractivity contribution is 7.22. The third kappa shape index (κ3) is 3.92. The minimum atomic E-state index is 0.191. The second-order valence-corrected chi connectivity index (χ2v) is 8.24. The van der Waals surface area contributed by atoms with Crippen molar-refractivity contribution < 1.29 is 9.84 Å². The molecular formula is C22H21N5O2S. The first-order valence-corrected chi connectivity index (χ1v) is 10.7. The van der Waals surface area contributed by atoms with E-state index >= 15 is 0 Å². The van der Waals surface area contributed by atoms with Gasteiger partial charge in [0.15, 0.2) is 10.9 Å². The van der Waals surface area contributed by atoms with Gasteiger partial charge in [-0.05, 0) is 42.8 Å². The number of thiazole rings is 1. The van der Waals surface area contributed by atoms with Crippen molar-refractivity contribution in [3.05, 3.63) is 60.9 Å². The standard InChI is InChI=1S/C22H21N5O2S/c28-14-15-9-12-27(13-15)20-21(24-11-10-23-20)29-17-7-5-16(6-8-17)25-22-26-18-3-1-2-4-19(18)30-22/h1-8,10-11,15,28H,9,12-14H2,(H,25,26). The number of hydrogen-bond donors (Lipinski definition) is 2. The largest absolute Gasteiger partial charge is 0.436 e. The molecule has 0 aliphatic carbocycles. The summed E-state index contributed by atoms with van der Waals surface area (Å²) < 4.78 is 7.18. The van der Waals surface area contributed by atoms with Crippen LogP contribution < -0.4 is 15.0 Å². The van der Waals surface area contributed by atoms with E-state index in [9.17, 15) is 5.11 Å². The quantitative estimate of drug-likeness (QED) is 0.478. The summed E-state index contributed by atoms with van der Waals surface area (Å²) in [6.07, 6.45) is 4.24. The lowest BCUT2D eigenvalue weighted by molar-refractivity contribution is 0.238. The van der Waals surface area contributed by atoms with Gasteiger partial charge >= 0.3 is 0 Å². The van der Waals surface area contributed by atoms with Gasteiger partial charge in [0.05, 0.1) is 10.2 Å². The van der Waals surface area contributed by atoms with Crippen molar-refractivity contribution in [2.45, 2.75) is 6.42 Å². The Balaban J connectivity index is 1.30. The molecule has 152 valence electrons. The molecule has 2 N–H and O–H groups in total. The number of aliphatic hydroxyl groups excluding tert-OH is 1. The van der Waals surface area contributed by atoms with Gasteiger partial charge in [0.1, 0.15) is 5.75 Å². The molecule has 3 heterocycles. The smallest absolute Gasteiger partial charge is 0.263 e. The summed E-state index contributed by atoms with van der Waals surface area (Å²) in [5, 5.41) is 13.6. The molecule has 2 aromatic carbocycles. The van der Waals surface area contributed by atoms with Crippen LogP contribution in [0.25, 0.3) is 10.2 Å². The van der Waals surface area contributed by atoms with E-state index in [1.165, 1.54) is 0 Å². The van der Waals surface area contributed by atoms with E-state index < -0.39 is 0 Å². The Bertz CT molecular complexity index is 1110. The molecule has 0 saturated carbocycles. The zero-order valence-electron chi connectivity index (χ0n) is 16.2. The van der Waals surface area contributed by atoms with Gasteiger partial charge in [-0.15, -0.1) is 0 Å². The highest BCUT2D eigenvalue weighted by Crippen LogP contribution is 2.33. The number of ether oxygens (including phenoxy) is 1. The number of para-hydroxylation sites is 1. The highest BCUT2D eigenvalue weighted by atomic mass is 32.1. The number of benzene rings is 2. The van der Waals surface area contributed by atoms with Gasteiger partial charge in [-0.3, -0.25) is 0 Å². The van der Waals surface area contributed by atoms with Gasteiger partial charge in [-0.2, -0.15) is 0 Å². The van der Waals surface area contributed by atoms with E-state index in [4.69, 9.17) is 4.74 Å². The molecule has 30 heavy (non-hydrogen) atoms. The molecule has 1 aliphatic heterocycles. The first-order valence-electron chi connectivity index (χ1n) is 9.86. The summed E-state index contributed by atoms with van der Waals surface area (Å²) in [6, 6.07) is 15.8. The highest BCUT2D eigenvalue weighted by Gasteiger charge is 2.25. The van der Waals surface area contributed by atoms with Crippen LogP contribution in [-0.4, -0.2) is 39.8 Å². The SMILES string of the molecule is OCC1CCN(c2nccnc2Oc2ccc(Nc3nc4ccccc4s3)cc2)C1. The van der Waals surface area contributed by atoms with E-state index in [-0.39, 0.29) is 12.5 Å². The molecule has 0 amide bonds. The Labute approximate surface area is 178 Å². The molecule has 4 aromatic rings. The molecule has 0 radical (unpaired) electrons. The van der Waals surface area contributed by atoms with Gasteiger partial charge in [0.25, 0.3) is 5.88 Å². The summed E-state index contributed by atoms with van der Waals surface area (Å²) in [5.41, 5.74) is 1.93. The van der Waals surface area contributed by atoms with Crippen molar-refractivity contribution in [2.75, 3.05) is 29.9 Å². The van der Waals surface area contributed by atoms with Gasteiger partial charge in [-0.25, -0.2) is 15.0 Å². The maximum Gasteiger partial charge on any atom is 0.263 e. The second kappa shape index (κ2) is 8.25. The van der Waals surface area contributed by atoms with Crippen molar-refractivity contribution >= 4 is 38.2 Å². The number of hydrogen-bond acceptors (Lipinski definition) is 8. The predicted molar refractivity (Wildman–Crippen MR) is 119 cm³/mol. The number of nitrogens with one attached hydrogen (secondary N) is 1. The average Bonchev–Trinajstić information content (AvgIpc) is 3.42. The van der Waals surface area contributed by atoms with Gasteiger partial charge in [0, 0.05) is 43.7 Å². The topological polar surface area (TPSA) is 83.4 Å². The van der Waals surface area contributed by atoms with Crippen molar-refractivity contribution in [3.8, 4) is 11.6 Å². The number of fused-ring (bicyclic) bond motifs is 1. The Kier molecular flexibility index (Phi) is 5.17. The van der Waals surface area contributed by atoms with Crippen LogP contribution in [0.1, 0.15) is 6.42 Å². The third-order valence-corrected chi connectivity index (χ3v) is 6.06. The van der Waals surface area contributed by atoms with Crippen LogP contribution in [-0.2, 0) is 0 Å².